The van der Waals surface area contributed by atoms with Gasteiger partial charge in [-0.05, 0) is 52.8 Å². The standard InChI is InChI=1S/C24H21FO2/c1-17-13-14-24(26,21-10-6-5-9-20(17)21)19-11-12-22(25)23(15-19)27-16-18-7-3-2-4-8-18/h2-12,15,26H,1,13-14,16H2. The number of hydrogen-bond acceptors (Lipinski definition) is 2. The van der Waals surface area contributed by atoms with E-state index < -0.39 is 11.4 Å². The van der Waals surface area contributed by atoms with Crippen molar-refractivity contribution in [3.63, 3.8) is 0 Å². The van der Waals surface area contributed by atoms with Crippen LogP contribution in [-0.4, -0.2) is 5.11 Å². The summed E-state index contributed by atoms with van der Waals surface area (Å²) in [5.41, 5.74) is 3.19. The summed E-state index contributed by atoms with van der Waals surface area (Å²) < 4.78 is 20.0. The maximum atomic E-state index is 14.3. The van der Waals surface area contributed by atoms with E-state index in [2.05, 4.69) is 6.58 Å². The van der Waals surface area contributed by atoms with Crippen LogP contribution in [0.15, 0.2) is 79.4 Å². The molecule has 0 heterocycles. The summed E-state index contributed by atoms with van der Waals surface area (Å²) in [6.07, 6.45) is 1.19. The van der Waals surface area contributed by atoms with Gasteiger partial charge in [0.2, 0.25) is 0 Å². The van der Waals surface area contributed by atoms with Crippen molar-refractivity contribution in [1.82, 2.24) is 0 Å². The first-order chi connectivity index (χ1) is 13.1. The molecule has 1 aliphatic rings. The van der Waals surface area contributed by atoms with Crippen molar-refractivity contribution in [2.45, 2.75) is 25.0 Å². The normalized spacial score (nSPS) is 18.8. The molecule has 0 aromatic heterocycles. The first-order valence-electron chi connectivity index (χ1n) is 9.05. The summed E-state index contributed by atoms with van der Waals surface area (Å²) in [6.45, 7) is 4.38. The molecule has 0 radical (unpaired) electrons. The minimum Gasteiger partial charge on any atom is -0.486 e. The summed E-state index contributed by atoms with van der Waals surface area (Å²) in [5.74, 6) is -0.293. The predicted octanol–water partition coefficient (Wildman–Crippen LogP) is 5.45. The molecule has 136 valence electrons. The maximum absolute atomic E-state index is 14.3. The monoisotopic (exact) mass is 360 g/mol. The molecule has 1 atom stereocenters. The van der Waals surface area contributed by atoms with Crippen molar-refractivity contribution in [2.75, 3.05) is 0 Å². The molecule has 1 N–H and O–H groups in total. The largest absolute Gasteiger partial charge is 0.486 e. The highest BCUT2D eigenvalue weighted by Gasteiger charge is 2.37. The summed E-state index contributed by atoms with van der Waals surface area (Å²) in [4.78, 5) is 0. The van der Waals surface area contributed by atoms with Crippen LogP contribution in [0.4, 0.5) is 4.39 Å². The molecular formula is C24H21FO2. The number of aliphatic hydroxyl groups is 1. The lowest BCUT2D eigenvalue weighted by atomic mass is 9.73. The molecule has 4 rings (SSSR count). The van der Waals surface area contributed by atoms with E-state index in [-0.39, 0.29) is 12.4 Å². The van der Waals surface area contributed by atoms with Gasteiger partial charge in [-0.3, -0.25) is 0 Å². The van der Waals surface area contributed by atoms with Gasteiger partial charge in [0.25, 0.3) is 0 Å². The highest BCUT2D eigenvalue weighted by molar-refractivity contribution is 5.70. The molecule has 0 fully saturated rings. The summed E-state index contributed by atoms with van der Waals surface area (Å²) in [7, 11) is 0. The van der Waals surface area contributed by atoms with Gasteiger partial charge >= 0.3 is 0 Å². The smallest absolute Gasteiger partial charge is 0.165 e. The number of allylic oxidation sites excluding steroid dienone is 1. The Morgan fingerprint density at radius 3 is 2.56 bits per heavy atom. The van der Waals surface area contributed by atoms with Gasteiger partial charge in [-0.1, -0.05) is 67.2 Å². The average Bonchev–Trinajstić information content (AvgIpc) is 2.71. The van der Waals surface area contributed by atoms with Crippen LogP contribution in [0.3, 0.4) is 0 Å². The van der Waals surface area contributed by atoms with E-state index in [4.69, 9.17) is 4.74 Å². The van der Waals surface area contributed by atoms with E-state index in [0.717, 1.165) is 22.3 Å². The van der Waals surface area contributed by atoms with E-state index >= 15 is 0 Å². The molecular weight excluding hydrogens is 339 g/mol. The number of hydrogen-bond donors (Lipinski definition) is 1. The Hall–Kier alpha value is -2.91. The molecule has 0 saturated heterocycles. The highest BCUT2D eigenvalue weighted by Crippen LogP contribution is 2.45. The fraction of sp³-hybridized carbons (Fsp3) is 0.167. The van der Waals surface area contributed by atoms with E-state index in [1.165, 1.54) is 6.07 Å². The Bertz CT molecular complexity index is 981. The predicted molar refractivity (Wildman–Crippen MR) is 105 cm³/mol. The summed E-state index contributed by atoms with van der Waals surface area (Å²) >= 11 is 0. The lowest BCUT2D eigenvalue weighted by molar-refractivity contribution is 0.0688. The third kappa shape index (κ3) is 3.26. The SMILES string of the molecule is C=C1CCC(O)(c2ccc(F)c(OCc3ccccc3)c2)c2ccccc21. The van der Waals surface area contributed by atoms with Gasteiger partial charge in [-0.25, -0.2) is 4.39 Å². The van der Waals surface area contributed by atoms with Gasteiger partial charge in [0, 0.05) is 0 Å². The number of ether oxygens (including phenoxy) is 1. The van der Waals surface area contributed by atoms with Crippen molar-refractivity contribution in [2.24, 2.45) is 0 Å². The second kappa shape index (κ2) is 7.01. The van der Waals surface area contributed by atoms with E-state index in [1.807, 2.05) is 54.6 Å². The van der Waals surface area contributed by atoms with Gasteiger partial charge in [0.15, 0.2) is 11.6 Å². The Kier molecular flexibility index (Phi) is 4.54. The third-order valence-electron chi connectivity index (χ3n) is 5.19. The first kappa shape index (κ1) is 17.5. The first-order valence-corrected chi connectivity index (χ1v) is 9.05. The second-order valence-electron chi connectivity index (χ2n) is 6.93. The zero-order valence-electron chi connectivity index (χ0n) is 15.0. The lowest BCUT2D eigenvalue weighted by Crippen LogP contribution is -2.31. The van der Waals surface area contributed by atoms with Crippen molar-refractivity contribution >= 4 is 5.57 Å². The van der Waals surface area contributed by atoms with E-state index in [1.54, 1.807) is 12.1 Å². The second-order valence-corrected chi connectivity index (χ2v) is 6.93. The summed E-state index contributed by atoms with van der Waals surface area (Å²) in [6, 6.07) is 21.9. The van der Waals surface area contributed by atoms with Crippen molar-refractivity contribution < 1.29 is 14.2 Å². The molecule has 3 aromatic rings. The zero-order valence-corrected chi connectivity index (χ0v) is 15.0. The average molecular weight is 360 g/mol. The molecule has 0 aliphatic heterocycles. The third-order valence-corrected chi connectivity index (χ3v) is 5.19. The molecule has 0 saturated carbocycles. The van der Waals surface area contributed by atoms with Gasteiger partial charge in [0.1, 0.15) is 12.2 Å². The van der Waals surface area contributed by atoms with Gasteiger partial charge in [-0.2, -0.15) is 0 Å². The lowest BCUT2D eigenvalue weighted by Gasteiger charge is -2.36. The Labute approximate surface area is 158 Å². The van der Waals surface area contributed by atoms with Crippen LogP contribution < -0.4 is 4.74 Å². The molecule has 3 heteroatoms. The molecule has 0 bridgehead atoms. The van der Waals surface area contributed by atoms with Gasteiger partial charge in [0.05, 0.1) is 0 Å². The van der Waals surface area contributed by atoms with Crippen LogP contribution in [0.2, 0.25) is 0 Å². The van der Waals surface area contributed by atoms with Crippen molar-refractivity contribution in [3.8, 4) is 5.75 Å². The van der Waals surface area contributed by atoms with E-state index in [0.29, 0.717) is 18.4 Å². The molecule has 1 aliphatic carbocycles. The fourth-order valence-corrected chi connectivity index (χ4v) is 3.66. The van der Waals surface area contributed by atoms with Crippen LogP contribution in [-0.2, 0) is 12.2 Å². The number of rotatable bonds is 4. The van der Waals surface area contributed by atoms with Crippen molar-refractivity contribution in [3.05, 3.63) is 107 Å². The zero-order chi connectivity index (χ0) is 18.9. The molecule has 3 aromatic carbocycles. The van der Waals surface area contributed by atoms with E-state index in [9.17, 15) is 9.50 Å². The maximum Gasteiger partial charge on any atom is 0.165 e. The topological polar surface area (TPSA) is 29.5 Å². The molecule has 2 nitrogen and oxygen atoms in total. The van der Waals surface area contributed by atoms with Gasteiger partial charge in [-0.15, -0.1) is 0 Å². The minimum atomic E-state index is -1.18. The quantitative estimate of drug-likeness (QED) is 0.671. The molecule has 1 unspecified atom stereocenters. The minimum absolute atomic E-state index is 0.145. The molecule has 27 heavy (non-hydrogen) atoms. The van der Waals surface area contributed by atoms with Gasteiger partial charge < -0.3 is 9.84 Å². The Balaban J connectivity index is 1.68. The molecule has 0 spiro atoms. The number of halogens is 1. The van der Waals surface area contributed by atoms with Crippen LogP contribution >= 0.6 is 0 Å². The Morgan fingerprint density at radius 2 is 1.74 bits per heavy atom. The Morgan fingerprint density at radius 1 is 1.00 bits per heavy atom. The number of benzene rings is 3. The summed E-state index contributed by atoms with van der Waals surface area (Å²) in [5, 5.41) is 11.5. The van der Waals surface area contributed by atoms with Crippen LogP contribution in [0.1, 0.15) is 35.1 Å². The van der Waals surface area contributed by atoms with Crippen LogP contribution in [0.25, 0.3) is 5.57 Å². The highest BCUT2D eigenvalue weighted by atomic mass is 19.1. The van der Waals surface area contributed by atoms with Crippen molar-refractivity contribution in [1.29, 1.82) is 0 Å². The number of fused-ring (bicyclic) bond motifs is 1. The van der Waals surface area contributed by atoms with Crippen LogP contribution in [0.5, 0.6) is 5.75 Å². The van der Waals surface area contributed by atoms with Crippen LogP contribution in [0, 0.1) is 5.82 Å². The fourth-order valence-electron chi connectivity index (χ4n) is 3.66. The molecule has 0 amide bonds.